The summed E-state index contributed by atoms with van der Waals surface area (Å²) in [6.45, 7) is 0.925. The maximum absolute atomic E-state index is 8.88. The second kappa shape index (κ2) is 21.3. The van der Waals surface area contributed by atoms with Crippen molar-refractivity contribution in [2.45, 2.75) is 40.9 Å². The summed E-state index contributed by atoms with van der Waals surface area (Å²) in [6, 6.07) is 10.6. The molecular weight excluding hydrogens is 400 g/mol. The van der Waals surface area contributed by atoms with Crippen LogP contribution in [0.3, 0.4) is 0 Å². The Morgan fingerprint density at radius 1 is 0.700 bits per heavy atom. The van der Waals surface area contributed by atoms with Crippen molar-refractivity contribution >= 4 is 11.8 Å². The second-order valence-corrected chi connectivity index (χ2v) is 7.93. The van der Waals surface area contributed by atoms with E-state index in [2.05, 4.69) is 30.3 Å². The lowest BCUT2D eigenvalue weighted by molar-refractivity contribution is 0.232. The van der Waals surface area contributed by atoms with Crippen LogP contribution in [-0.4, -0.2) is 64.3 Å². The standard InChI is InChI=1S/C12H16OS.C5H10O2.C4H8O2.3CH4/c13-7-11-6-12(11)9-14-8-10-4-2-1-3-5-10;6-2-4-1-5(4)3-7;5-3-1-2-4-6;;;/h1-5,11-13H,6-9H2;4-7H,1-3H2;1-2,5-6H,3-4H2;3*1H4/b;;2-1-;;;. The molecule has 2 aliphatic rings. The zero-order chi connectivity index (χ0) is 19.9. The highest BCUT2D eigenvalue weighted by molar-refractivity contribution is 7.98. The molecule has 4 atom stereocenters. The Morgan fingerprint density at radius 3 is 1.50 bits per heavy atom. The Hall–Kier alpha value is -0.890. The molecule has 0 aromatic heterocycles. The summed E-state index contributed by atoms with van der Waals surface area (Å²) in [7, 11) is 0. The molecule has 0 bridgehead atoms. The highest BCUT2D eigenvalue weighted by Crippen LogP contribution is 2.40. The van der Waals surface area contributed by atoms with Crippen molar-refractivity contribution in [1.29, 1.82) is 0 Å². The molecule has 0 radical (unpaired) electrons. The second-order valence-electron chi connectivity index (χ2n) is 6.90. The first kappa shape index (κ1) is 33.7. The SMILES string of the molecule is C.C.C.OC/C=C\CO.OCC1CC1CO.OCC1CC1CSCc1ccccc1. The molecule has 2 aliphatic carbocycles. The van der Waals surface area contributed by atoms with Crippen LogP contribution in [0.5, 0.6) is 0 Å². The average Bonchev–Trinajstić information content (AvgIpc) is 3.63. The smallest absolute Gasteiger partial charge is 0.0613 e. The van der Waals surface area contributed by atoms with E-state index in [9.17, 15) is 0 Å². The van der Waals surface area contributed by atoms with Gasteiger partial charge in [0.15, 0.2) is 0 Å². The predicted molar refractivity (Wildman–Crippen MR) is 131 cm³/mol. The fourth-order valence-corrected chi connectivity index (χ4v) is 3.80. The molecule has 0 saturated heterocycles. The van der Waals surface area contributed by atoms with Gasteiger partial charge in [0, 0.05) is 25.6 Å². The summed E-state index contributed by atoms with van der Waals surface area (Å²) in [6.07, 6.45) is 5.23. The van der Waals surface area contributed by atoms with Gasteiger partial charge in [-0.1, -0.05) is 64.8 Å². The van der Waals surface area contributed by atoms with Gasteiger partial charge in [-0.3, -0.25) is 0 Å². The van der Waals surface area contributed by atoms with Crippen LogP contribution in [0.2, 0.25) is 0 Å². The van der Waals surface area contributed by atoms with Crippen molar-refractivity contribution in [3.63, 3.8) is 0 Å². The van der Waals surface area contributed by atoms with E-state index < -0.39 is 0 Å². The zero-order valence-electron chi connectivity index (χ0n) is 15.9. The molecule has 30 heavy (non-hydrogen) atoms. The molecule has 3 rings (SSSR count). The van der Waals surface area contributed by atoms with Gasteiger partial charge in [0.05, 0.1) is 13.2 Å². The van der Waals surface area contributed by atoms with Crippen molar-refractivity contribution in [2.24, 2.45) is 23.7 Å². The fourth-order valence-electron chi connectivity index (χ4n) is 2.55. The van der Waals surface area contributed by atoms with Crippen LogP contribution >= 0.6 is 11.8 Å². The fraction of sp³-hybridized carbons (Fsp3) is 0.667. The van der Waals surface area contributed by atoms with Crippen molar-refractivity contribution in [3.8, 4) is 0 Å². The van der Waals surface area contributed by atoms with Crippen LogP contribution in [0.25, 0.3) is 0 Å². The lowest BCUT2D eigenvalue weighted by Crippen LogP contribution is -1.91. The summed E-state index contributed by atoms with van der Waals surface area (Å²) < 4.78 is 0. The molecule has 1 aromatic carbocycles. The molecule has 5 nitrogen and oxygen atoms in total. The summed E-state index contributed by atoms with van der Waals surface area (Å²) in [5.41, 5.74) is 1.40. The van der Waals surface area contributed by atoms with Gasteiger partial charge in [-0.15, -0.1) is 0 Å². The van der Waals surface area contributed by atoms with E-state index in [1.54, 1.807) is 0 Å². The van der Waals surface area contributed by atoms with Crippen LogP contribution in [-0.2, 0) is 5.75 Å². The van der Waals surface area contributed by atoms with Gasteiger partial charge in [-0.05, 0) is 47.8 Å². The number of hydrogen-bond acceptors (Lipinski definition) is 6. The normalized spacial score (nSPS) is 22.7. The molecule has 5 N–H and O–H groups in total. The van der Waals surface area contributed by atoms with E-state index in [1.807, 2.05) is 11.8 Å². The molecule has 2 fully saturated rings. The third-order valence-electron chi connectivity index (χ3n) is 4.66. The first-order valence-electron chi connectivity index (χ1n) is 9.51. The maximum Gasteiger partial charge on any atom is 0.0613 e. The van der Waals surface area contributed by atoms with Gasteiger partial charge in [-0.2, -0.15) is 11.8 Å². The highest BCUT2D eigenvalue weighted by atomic mass is 32.2. The van der Waals surface area contributed by atoms with Crippen LogP contribution in [0, 0.1) is 23.7 Å². The van der Waals surface area contributed by atoms with E-state index >= 15 is 0 Å². The topological polar surface area (TPSA) is 101 Å². The Kier molecular flexibility index (Phi) is 24.0. The van der Waals surface area contributed by atoms with Gasteiger partial charge in [0.25, 0.3) is 0 Å². The minimum absolute atomic E-state index is 0. The van der Waals surface area contributed by atoms with Crippen LogP contribution in [0.15, 0.2) is 42.5 Å². The van der Waals surface area contributed by atoms with Crippen LogP contribution in [0.1, 0.15) is 40.7 Å². The average molecular weight is 447 g/mol. The summed E-state index contributed by atoms with van der Waals surface area (Å²) in [5, 5.41) is 41.7. The van der Waals surface area contributed by atoms with Gasteiger partial charge < -0.3 is 25.5 Å². The Labute approximate surface area is 188 Å². The third-order valence-corrected chi connectivity index (χ3v) is 5.86. The third kappa shape index (κ3) is 15.9. The van der Waals surface area contributed by atoms with Gasteiger partial charge in [-0.25, -0.2) is 0 Å². The molecule has 0 aliphatic heterocycles. The van der Waals surface area contributed by atoms with Gasteiger partial charge in [0.1, 0.15) is 0 Å². The number of hydrogen-bond donors (Lipinski definition) is 5. The number of thioether (sulfide) groups is 1. The summed E-state index contributed by atoms with van der Waals surface area (Å²) in [5.74, 6) is 4.55. The molecule has 0 spiro atoms. The zero-order valence-corrected chi connectivity index (χ0v) is 16.7. The van der Waals surface area contributed by atoms with E-state index in [0.717, 1.165) is 18.1 Å². The highest BCUT2D eigenvalue weighted by Gasteiger charge is 2.35. The molecule has 2 saturated carbocycles. The molecule has 0 amide bonds. The number of benzene rings is 1. The van der Waals surface area contributed by atoms with Gasteiger partial charge in [0.2, 0.25) is 0 Å². The molecular formula is C24H46O5S. The molecule has 0 heterocycles. The van der Waals surface area contributed by atoms with Crippen LogP contribution in [0.4, 0.5) is 0 Å². The maximum atomic E-state index is 8.88. The molecule has 6 heteroatoms. The predicted octanol–water partition coefficient (Wildman–Crippen LogP) is 3.59. The monoisotopic (exact) mass is 446 g/mol. The number of aliphatic hydroxyl groups is 5. The number of rotatable bonds is 9. The number of aliphatic hydroxyl groups excluding tert-OH is 5. The van der Waals surface area contributed by atoms with Crippen molar-refractivity contribution < 1.29 is 25.5 Å². The molecule has 178 valence electrons. The van der Waals surface area contributed by atoms with Crippen molar-refractivity contribution in [2.75, 3.05) is 38.8 Å². The lowest BCUT2D eigenvalue weighted by atomic mass is 10.2. The quantitative estimate of drug-likeness (QED) is 0.372. The van der Waals surface area contributed by atoms with E-state index in [4.69, 9.17) is 25.5 Å². The Balaban J connectivity index is -0.000000392. The first-order valence-corrected chi connectivity index (χ1v) is 10.7. The van der Waals surface area contributed by atoms with E-state index in [1.165, 1.54) is 29.9 Å². The largest absolute Gasteiger partial charge is 0.396 e. The van der Waals surface area contributed by atoms with E-state index in [0.29, 0.717) is 24.4 Å². The van der Waals surface area contributed by atoms with Crippen molar-refractivity contribution in [1.82, 2.24) is 0 Å². The Morgan fingerprint density at radius 2 is 1.13 bits per heavy atom. The Bertz CT molecular complexity index is 484. The molecule has 1 aromatic rings. The first-order chi connectivity index (χ1) is 13.2. The molecule has 4 unspecified atom stereocenters. The minimum atomic E-state index is 0. The summed E-state index contributed by atoms with van der Waals surface area (Å²) in [4.78, 5) is 0. The van der Waals surface area contributed by atoms with Crippen molar-refractivity contribution in [3.05, 3.63) is 48.0 Å². The van der Waals surface area contributed by atoms with Gasteiger partial charge >= 0.3 is 0 Å². The summed E-state index contributed by atoms with van der Waals surface area (Å²) >= 11 is 1.98. The van der Waals surface area contributed by atoms with Crippen LogP contribution < -0.4 is 0 Å². The van der Waals surface area contributed by atoms with E-state index in [-0.39, 0.29) is 48.7 Å². The minimum Gasteiger partial charge on any atom is -0.396 e. The lowest BCUT2D eigenvalue weighted by Gasteiger charge is -2.00.